The highest BCUT2D eigenvalue weighted by atomic mass is 35.5. The Bertz CT molecular complexity index is 634. The molecule has 0 atom stereocenters. The maximum absolute atomic E-state index is 8.94. The molecule has 4 nitrogen and oxygen atoms in total. The van der Waals surface area contributed by atoms with Crippen molar-refractivity contribution in [3.63, 3.8) is 0 Å². The summed E-state index contributed by atoms with van der Waals surface area (Å²) in [6.07, 6.45) is 5.07. The fourth-order valence-electron chi connectivity index (χ4n) is 2.20. The molecule has 0 bridgehead atoms. The van der Waals surface area contributed by atoms with Crippen LogP contribution in [0.2, 0.25) is 5.02 Å². The van der Waals surface area contributed by atoms with Gasteiger partial charge in [0.05, 0.1) is 27.7 Å². The number of halogens is 1. The van der Waals surface area contributed by atoms with Gasteiger partial charge in [-0.05, 0) is 26.2 Å². The zero-order valence-corrected chi connectivity index (χ0v) is 10.2. The average molecular weight is 247 g/mol. The van der Waals surface area contributed by atoms with Gasteiger partial charge in [0, 0.05) is 6.20 Å². The van der Waals surface area contributed by atoms with Gasteiger partial charge in [0.1, 0.15) is 6.07 Å². The topological polar surface area (TPSA) is 54.5 Å². The van der Waals surface area contributed by atoms with Gasteiger partial charge < -0.3 is 0 Å². The first-order valence-electron chi connectivity index (χ1n) is 5.65. The standard InChI is InChI=1S/C12H11ClN4/c1-7-10-11(13)8(5-14)6-15-12(10)17(16-7)9-3-2-4-9/h6,9H,2-4H2,1H3. The summed E-state index contributed by atoms with van der Waals surface area (Å²) in [6.45, 7) is 1.91. The Balaban J connectivity index is 2.29. The minimum atomic E-state index is 0.412. The van der Waals surface area contributed by atoms with Gasteiger partial charge in [-0.25, -0.2) is 9.67 Å². The summed E-state index contributed by atoms with van der Waals surface area (Å²) < 4.78 is 1.96. The van der Waals surface area contributed by atoms with Crippen LogP contribution in [0.15, 0.2) is 6.20 Å². The molecule has 1 fully saturated rings. The van der Waals surface area contributed by atoms with E-state index in [9.17, 15) is 0 Å². The van der Waals surface area contributed by atoms with E-state index in [0.29, 0.717) is 16.6 Å². The summed E-state index contributed by atoms with van der Waals surface area (Å²) in [5.74, 6) is 0. The molecule has 2 aromatic rings. The molecule has 3 rings (SSSR count). The lowest BCUT2D eigenvalue weighted by atomic mass is 9.93. The second-order valence-electron chi connectivity index (χ2n) is 4.41. The number of rotatable bonds is 1. The van der Waals surface area contributed by atoms with E-state index in [1.807, 2.05) is 17.7 Å². The Hall–Kier alpha value is -1.60. The van der Waals surface area contributed by atoms with Crippen LogP contribution in [-0.4, -0.2) is 14.8 Å². The number of fused-ring (bicyclic) bond motifs is 1. The normalized spacial score (nSPS) is 15.8. The summed E-state index contributed by atoms with van der Waals surface area (Å²) in [6, 6.07) is 2.50. The highest BCUT2D eigenvalue weighted by molar-refractivity contribution is 6.36. The van der Waals surface area contributed by atoms with Crippen molar-refractivity contribution in [3.05, 3.63) is 22.5 Å². The molecule has 0 saturated heterocycles. The summed E-state index contributed by atoms with van der Waals surface area (Å²) in [7, 11) is 0. The minimum Gasteiger partial charge on any atom is -0.244 e. The molecule has 1 aliphatic carbocycles. The van der Waals surface area contributed by atoms with Crippen LogP contribution in [0, 0.1) is 18.3 Å². The lowest BCUT2D eigenvalue weighted by Crippen LogP contribution is -2.18. The lowest BCUT2D eigenvalue weighted by molar-refractivity contribution is 0.295. The molecule has 1 saturated carbocycles. The van der Waals surface area contributed by atoms with E-state index in [2.05, 4.69) is 10.1 Å². The number of hydrogen-bond donors (Lipinski definition) is 0. The summed E-state index contributed by atoms with van der Waals surface area (Å²) in [5, 5.41) is 14.7. The third-order valence-corrected chi connectivity index (χ3v) is 3.77. The Morgan fingerprint density at radius 3 is 2.88 bits per heavy atom. The van der Waals surface area contributed by atoms with Crippen LogP contribution in [0.4, 0.5) is 0 Å². The third-order valence-electron chi connectivity index (χ3n) is 3.37. The van der Waals surface area contributed by atoms with Gasteiger partial charge in [-0.3, -0.25) is 0 Å². The van der Waals surface area contributed by atoms with Crippen LogP contribution in [0.5, 0.6) is 0 Å². The molecule has 17 heavy (non-hydrogen) atoms. The number of aromatic nitrogens is 3. The molecule has 0 N–H and O–H groups in total. The molecule has 5 heteroatoms. The minimum absolute atomic E-state index is 0.412. The van der Waals surface area contributed by atoms with Crippen molar-refractivity contribution in [2.24, 2.45) is 0 Å². The van der Waals surface area contributed by atoms with Crippen LogP contribution in [0.1, 0.15) is 36.6 Å². The molecule has 2 aromatic heterocycles. The zero-order chi connectivity index (χ0) is 12.0. The smallest absolute Gasteiger partial charge is 0.159 e. The third kappa shape index (κ3) is 1.43. The highest BCUT2D eigenvalue weighted by Gasteiger charge is 2.25. The predicted octanol–water partition coefficient (Wildman–Crippen LogP) is 2.99. The van der Waals surface area contributed by atoms with Crippen molar-refractivity contribution in [1.29, 1.82) is 5.26 Å². The first-order chi connectivity index (χ1) is 8.22. The fourth-order valence-corrected chi connectivity index (χ4v) is 2.51. The van der Waals surface area contributed by atoms with Crippen LogP contribution in [0.25, 0.3) is 11.0 Å². The van der Waals surface area contributed by atoms with Gasteiger partial charge in [-0.1, -0.05) is 11.6 Å². The van der Waals surface area contributed by atoms with Gasteiger partial charge in [0.15, 0.2) is 5.65 Å². The first-order valence-corrected chi connectivity index (χ1v) is 6.03. The first kappa shape index (κ1) is 10.5. The van der Waals surface area contributed by atoms with Crippen molar-refractivity contribution in [2.75, 3.05) is 0 Å². The molecule has 1 aliphatic rings. The molecular formula is C12H11ClN4. The van der Waals surface area contributed by atoms with E-state index in [4.69, 9.17) is 16.9 Å². The molecule has 0 radical (unpaired) electrons. The quantitative estimate of drug-likeness (QED) is 0.777. The van der Waals surface area contributed by atoms with Crippen LogP contribution in [-0.2, 0) is 0 Å². The Morgan fingerprint density at radius 1 is 1.53 bits per heavy atom. The van der Waals surface area contributed by atoms with Crippen molar-refractivity contribution >= 4 is 22.6 Å². The fraction of sp³-hybridized carbons (Fsp3) is 0.417. The Labute approximate surface area is 104 Å². The predicted molar refractivity (Wildman–Crippen MR) is 64.9 cm³/mol. The van der Waals surface area contributed by atoms with E-state index in [0.717, 1.165) is 29.6 Å². The highest BCUT2D eigenvalue weighted by Crippen LogP contribution is 2.36. The van der Waals surface area contributed by atoms with Crippen LogP contribution in [0.3, 0.4) is 0 Å². The van der Waals surface area contributed by atoms with Gasteiger partial charge in [-0.2, -0.15) is 10.4 Å². The summed E-state index contributed by atoms with van der Waals surface area (Å²) in [5.41, 5.74) is 2.06. The molecule has 0 aliphatic heterocycles. The zero-order valence-electron chi connectivity index (χ0n) is 9.44. The Kier molecular flexibility index (Phi) is 2.30. The van der Waals surface area contributed by atoms with Gasteiger partial charge in [-0.15, -0.1) is 0 Å². The number of aryl methyl sites for hydroxylation is 1. The van der Waals surface area contributed by atoms with Crippen LogP contribution >= 0.6 is 11.6 Å². The molecule has 86 valence electrons. The number of pyridine rings is 1. The van der Waals surface area contributed by atoms with Gasteiger partial charge in [0.25, 0.3) is 0 Å². The molecular weight excluding hydrogens is 236 g/mol. The van der Waals surface area contributed by atoms with E-state index in [1.165, 1.54) is 12.6 Å². The molecule has 2 heterocycles. The Morgan fingerprint density at radius 2 is 2.29 bits per heavy atom. The number of nitrogens with zero attached hydrogens (tertiary/aromatic N) is 4. The summed E-state index contributed by atoms with van der Waals surface area (Å²) in [4.78, 5) is 4.33. The van der Waals surface area contributed by atoms with Crippen molar-refractivity contribution in [3.8, 4) is 6.07 Å². The van der Waals surface area contributed by atoms with Crippen molar-refractivity contribution in [1.82, 2.24) is 14.8 Å². The maximum atomic E-state index is 8.94. The van der Waals surface area contributed by atoms with E-state index >= 15 is 0 Å². The molecule has 0 spiro atoms. The number of nitriles is 1. The summed E-state index contributed by atoms with van der Waals surface area (Å²) >= 11 is 6.21. The number of hydrogen-bond acceptors (Lipinski definition) is 3. The second kappa shape index (κ2) is 3.71. The van der Waals surface area contributed by atoms with Crippen molar-refractivity contribution in [2.45, 2.75) is 32.2 Å². The van der Waals surface area contributed by atoms with E-state index in [-0.39, 0.29) is 0 Å². The van der Waals surface area contributed by atoms with E-state index < -0.39 is 0 Å². The van der Waals surface area contributed by atoms with Gasteiger partial charge >= 0.3 is 0 Å². The lowest BCUT2D eigenvalue weighted by Gasteiger charge is -2.25. The monoisotopic (exact) mass is 246 g/mol. The molecule has 0 aromatic carbocycles. The molecule has 0 unspecified atom stereocenters. The van der Waals surface area contributed by atoms with Gasteiger partial charge in [0.2, 0.25) is 0 Å². The van der Waals surface area contributed by atoms with Crippen molar-refractivity contribution < 1.29 is 0 Å². The van der Waals surface area contributed by atoms with Crippen LogP contribution < -0.4 is 0 Å². The van der Waals surface area contributed by atoms with E-state index in [1.54, 1.807) is 0 Å². The molecule has 0 amide bonds. The SMILES string of the molecule is Cc1nn(C2CCC2)c2ncc(C#N)c(Cl)c12. The second-order valence-corrected chi connectivity index (χ2v) is 4.79. The maximum Gasteiger partial charge on any atom is 0.159 e. The largest absolute Gasteiger partial charge is 0.244 e. The average Bonchev–Trinajstić information content (AvgIpc) is 2.55.